The highest BCUT2D eigenvalue weighted by Gasteiger charge is 2.25. The molecule has 4 heteroatoms. The van der Waals surface area contributed by atoms with Gasteiger partial charge >= 0.3 is 0 Å². The van der Waals surface area contributed by atoms with Crippen LogP contribution in [-0.4, -0.2) is 9.13 Å². The Balaban J connectivity index is 0.971. The fraction of sp³-hybridized carbons (Fsp3) is 0.0370. The van der Waals surface area contributed by atoms with Gasteiger partial charge < -0.3 is 18.0 Å². The molecule has 0 bridgehead atoms. The van der Waals surface area contributed by atoms with Crippen LogP contribution >= 0.6 is 0 Å². The van der Waals surface area contributed by atoms with Crippen LogP contribution in [0.1, 0.15) is 23.3 Å². The molecular weight excluding hydrogens is 709 g/mol. The molecule has 58 heavy (non-hydrogen) atoms. The van der Waals surface area contributed by atoms with Crippen LogP contribution in [0.15, 0.2) is 185 Å². The molecule has 1 aliphatic carbocycles. The molecule has 0 radical (unpaired) electrons. The van der Waals surface area contributed by atoms with E-state index in [0.717, 1.165) is 73.9 Å². The first-order valence-corrected chi connectivity index (χ1v) is 20.0. The number of aromatic nitrogens is 2. The quantitative estimate of drug-likeness (QED) is 0.180. The third-order valence-corrected chi connectivity index (χ3v) is 12.4. The summed E-state index contributed by atoms with van der Waals surface area (Å²) in [5.74, 6) is 1.04. The maximum atomic E-state index is 6.85. The number of furan rings is 2. The molecule has 272 valence electrons. The van der Waals surface area contributed by atoms with Gasteiger partial charge in [0.15, 0.2) is 0 Å². The molecule has 0 spiro atoms. The Morgan fingerprint density at radius 3 is 1.62 bits per heavy atom. The summed E-state index contributed by atoms with van der Waals surface area (Å²) in [7, 11) is 0. The van der Waals surface area contributed by atoms with Gasteiger partial charge in [0, 0.05) is 66.6 Å². The lowest BCUT2D eigenvalue weighted by atomic mass is 9.90. The third-order valence-electron chi connectivity index (χ3n) is 12.4. The van der Waals surface area contributed by atoms with Crippen LogP contribution in [0.5, 0.6) is 0 Å². The Morgan fingerprint density at radius 2 is 0.948 bits per heavy atom. The summed E-state index contributed by atoms with van der Waals surface area (Å²) >= 11 is 0. The Kier molecular flexibility index (Phi) is 6.53. The smallest absolute Gasteiger partial charge is 0.143 e. The standard InChI is InChI=1S/C54H34N2O2/c1-3-12-36(13-4-1)55-45-20-9-7-16-39(45)42-30-33(22-25-47(42)55)34-24-27-49-44(31-34)53-50(57-49)28-29-51-52(53)41-19-11-18-38(54(41)58-51)35-23-26-48-43(32-35)40-17-8-10-21-46(40)56(48)37-14-5-2-6-15-37/h1-23,25-26,28-32H,24,27H2. The largest absolute Gasteiger partial charge is 0.460 e. The SMILES string of the molecule is C1=C(c2ccc3c(c2)c2ccccc2n3-c2ccccc2)CCc2oc3ccc4oc5c(-c6ccc7c(c6)c6ccccc6n7-c6ccccc6)cccc5c4c3c21. The van der Waals surface area contributed by atoms with Crippen molar-refractivity contribution in [1.82, 2.24) is 9.13 Å². The average Bonchev–Trinajstić information content (AvgIpc) is 4.04. The summed E-state index contributed by atoms with van der Waals surface area (Å²) in [5, 5.41) is 8.32. The zero-order valence-electron chi connectivity index (χ0n) is 31.4. The van der Waals surface area contributed by atoms with Crippen molar-refractivity contribution < 1.29 is 8.83 Å². The Bertz CT molecular complexity index is 3670. The third kappa shape index (κ3) is 4.45. The molecule has 12 aromatic rings. The van der Waals surface area contributed by atoms with Gasteiger partial charge in [0.1, 0.15) is 22.5 Å². The molecule has 0 atom stereocenters. The summed E-state index contributed by atoms with van der Waals surface area (Å²) in [6.07, 6.45) is 4.14. The van der Waals surface area contributed by atoms with Crippen molar-refractivity contribution in [1.29, 1.82) is 0 Å². The second-order valence-electron chi connectivity index (χ2n) is 15.5. The number of rotatable bonds is 4. The van der Waals surface area contributed by atoms with E-state index in [-0.39, 0.29) is 0 Å². The summed E-state index contributed by atoms with van der Waals surface area (Å²) < 4.78 is 18.2. The minimum Gasteiger partial charge on any atom is -0.460 e. The van der Waals surface area contributed by atoms with E-state index in [0.29, 0.717) is 0 Å². The van der Waals surface area contributed by atoms with Gasteiger partial charge in [-0.2, -0.15) is 0 Å². The van der Waals surface area contributed by atoms with Gasteiger partial charge in [-0.1, -0.05) is 103 Å². The second kappa shape index (κ2) is 12.0. The lowest BCUT2D eigenvalue weighted by molar-refractivity contribution is 0.547. The average molecular weight is 743 g/mol. The van der Waals surface area contributed by atoms with E-state index < -0.39 is 0 Å². The Hall–Kier alpha value is -7.56. The number of fused-ring (bicyclic) bond motifs is 13. The molecule has 4 heterocycles. The van der Waals surface area contributed by atoms with Crippen LogP contribution in [0.25, 0.3) is 111 Å². The number of aryl methyl sites for hydroxylation is 1. The van der Waals surface area contributed by atoms with Crippen molar-refractivity contribution in [2.24, 2.45) is 0 Å². The molecular formula is C54H34N2O2. The highest BCUT2D eigenvalue weighted by atomic mass is 16.3. The van der Waals surface area contributed by atoms with Gasteiger partial charge in [-0.05, 0) is 102 Å². The number of allylic oxidation sites excluding steroid dienone is 1. The molecule has 0 unspecified atom stereocenters. The van der Waals surface area contributed by atoms with Gasteiger partial charge in [0.25, 0.3) is 0 Å². The van der Waals surface area contributed by atoms with Crippen molar-refractivity contribution >= 4 is 88.2 Å². The summed E-state index contributed by atoms with van der Waals surface area (Å²) in [5.41, 5.74) is 15.7. The predicted octanol–water partition coefficient (Wildman–Crippen LogP) is 14.7. The summed E-state index contributed by atoms with van der Waals surface area (Å²) in [4.78, 5) is 0. The highest BCUT2D eigenvalue weighted by molar-refractivity contribution is 6.23. The molecule has 0 aliphatic heterocycles. The molecule has 0 saturated carbocycles. The second-order valence-corrected chi connectivity index (χ2v) is 15.5. The molecule has 4 aromatic heterocycles. The van der Waals surface area contributed by atoms with Crippen LogP contribution in [0, 0.1) is 0 Å². The zero-order chi connectivity index (χ0) is 37.9. The van der Waals surface area contributed by atoms with Crippen molar-refractivity contribution in [2.75, 3.05) is 0 Å². The van der Waals surface area contributed by atoms with Crippen molar-refractivity contribution in [2.45, 2.75) is 12.8 Å². The van der Waals surface area contributed by atoms with E-state index in [9.17, 15) is 0 Å². The number of benzene rings is 8. The lowest BCUT2D eigenvalue weighted by Crippen LogP contribution is -1.97. The molecule has 0 fully saturated rings. The number of nitrogens with zero attached hydrogens (tertiary/aromatic N) is 2. The van der Waals surface area contributed by atoms with Crippen LogP contribution in [0.2, 0.25) is 0 Å². The van der Waals surface area contributed by atoms with Gasteiger partial charge in [0.05, 0.1) is 22.1 Å². The molecule has 4 nitrogen and oxygen atoms in total. The van der Waals surface area contributed by atoms with E-state index in [1.54, 1.807) is 0 Å². The van der Waals surface area contributed by atoms with E-state index >= 15 is 0 Å². The highest BCUT2D eigenvalue weighted by Crippen LogP contribution is 2.46. The molecule has 8 aromatic carbocycles. The van der Waals surface area contributed by atoms with Gasteiger partial charge in [0.2, 0.25) is 0 Å². The monoisotopic (exact) mass is 742 g/mol. The first kappa shape index (κ1) is 31.6. The van der Waals surface area contributed by atoms with Gasteiger partial charge in [-0.3, -0.25) is 0 Å². The minimum absolute atomic E-state index is 0.846. The van der Waals surface area contributed by atoms with E-state index in [4.69, 9.17) is 8.83 Å². The lowest BCUT2D eigenvalue weighted by Gasteiger charge is -2.14. The maximum absolute atomic E-state index is 6.85. The molecule has 0 N–H and O–H groups in total. The number of hydrogen-bond acceptors (Lipinski definition) is 2. The summed E-state index contributed by atoms with van der Waals surface area (Å²) in [6, 6.07) is 63.2. The predicted molar refractivity (Wildman–Crippen MR) is 240 cm³/mol. The van der Waals surface area contributed by atoms with Gasteiger partial charge in [-0.25, -0.2) is 0 Å². The van der Waals surface area contributed by atoms with E-state index in [1.165, 1.54) is 60.4 Å². The molecule has 1 aliphatic rings. The number of para-hydroxylation sites is 5. The first-order valence-electron chi connectivity index (χ1n) is 20.0. The van der Waals surface area contributed by atoms with Crippen LogP contribution < -0.4 is 0 Å². The normalized spacial score (nSPS) is 13.1. The number of hydrogen-bond donors (Lipinski definition) is 0. The van der Waals surface area contributed by atoms with Crippen molar-refractivity contribution in [3.8, 4) is 22.5 Å². The van der Waals surface area contributed by atoms with Crippen LogP contribution in [0.3, 0.4) is 0 Å². The molecule has 0 amide bonds. The first-order chi connectivity index (χ1) is 28.8. The van der Waals surface area contributed by atoms with E-state index in [2.05, 4.69) is 191 Å². The van der Waals surface area contributed by atoms with E-state index in [1.807, 2.05) is 0 Å². The fourth-order valence-electron chi connectivity index (χ4n) is 9.86. The Morgan fingerprint density at radius 1 is 0.397 bits per heavy atom. The minimum atomic E-state index is 0.846. The maximum Gasteiger partial charge on any atom is 0.143 e. The van der Waals surface area contributed by atoms with Crippen molar-refractivity contribution in [3.63, 3.8) is 0 Å². The topological polar surface area (TPSA) is 36.1 Å². The zero-order valence-corrected chi connectivity index (χ0v) is 31.4. The Labute approximate surface area is 333 Å². The van der Waals surface area contributed by atoms with Crippen molar-refractivity contribution in [3.05, 3.63) is 193 Å². The fourth-order valence-corrected chi connectivity index (χ4v) is 9.86. The van der Waals surface area contributed by atoms with Crippen LogP contribution in [-0.2, 0) is 6.42 Å². The van der Waals surface area contributed by atoms with Gasteiger partial charge in [-0.15, -0.1) is 0 Å². The van der Waals surface area contributed by atoms with Crippen LogP contribution in [0.4, 0.5) is 0 Å². The summed E-state index contributed by atoms with van der Waals surface area (Å²) in [6.45, 7) is 0. The molecule has 0 saturated heterocycles. The molecule has 13 rings (SSSR count).